The van der Waals surface area contributed by atoms with Gasteiger partial charge in [0.2, 0.25) is 0 Å². The van der Waals surface area contributed by atoms with Crippen LogP contribution in [0.4, 0.5) is 0 Å². The molecule has 1 aromatic rings. The molecule has 0 aliphatic carbocycles. The molecule has 2 N–H and O–H groups in total. The highest BCUT2D eigenvalue weighted by Gasteiger charge is 2.43. The zero-order chi connectivity index (χ0) is 14.7. The maximum absolute atomic E-state index is 12.5. The van der Waals surface area contributed by atoms with Gasteiger partial charge in [-0.1, -0.05) is 0 Å². The van der Waals surface area contributed by atoms with Crippen LogP contribution in [0.1, 0.15) is 41.7 Å². The van der Waals surface area contributed by atoms with Crippen LogP contribution in [0.15, 0.2) is 18.3 Å². The van der Waals surface area contributed by atoms with Gasteiger partial charge in [-0.15, -0.1) is 0 Å². The molecule has 1 amide bonds. The fraction of sp³-hybridized carbons (Fsp3) is 0.625. The molecule has 1 aromatic heterocycles. The van der Waals surface area contributed by atoms with Gasteiger partial charge in [0.05, 0.1) is 17.2 Å². The third-order valence-electron chi connectivity index (χ3n) is 4.67. The van der Waals surface area contributed by atoms with Crippen LogP contribution in [0.5, 0.6) is 0 Å². The Morgan fingerprint density at radius 2 is 2.29 bits per heavy atom. The standard InChI is InChI=1S/C16H23N3O2/c1-12-13(4-2-8-18-12)15(20)19-14-5-3-11-21-16(14)6-9-17-10-7-16/h2,4,8,14,17H,3,5-7,9-11H2,1H3,(H,19,20). The van der Waals surface area contributed by atoms with Gasteiger partial charge in [0.1, 0.15) is 0 Å². The summed E-state index contributed by atoms with van der Waals surface area (Å²) in [7, 11) is 0. The highest BCUT2D eigenvalue weighted by molar-refractivity contribution is 5.95. The van der Waals surface area contributed by atoms with Crippen LogP contribution in [0.2, 0.25) is 0 Å². The number of carbonyl (C=O) groups excluding carboxylic acids is 1. The summed E-state index contributed by atoms with van der Waals surface area (Å²) in [4.78, 5) is 16.7. The van der Waals surface area contributed by atoms with E-state index in [1.807, 2.05) is 13.0 Å². The maximum atomic E-state index is 12.5. The van der Waals surface area contributed by atoms with Gasteiger partial charge in [0.25, 0.3) is 5.91 Å². The van der Waals surface area contributed by atoms with Gasteiger partial charge in [0, 0.05) is 18.5 Å². The third-order valence-corrected chi connectivity index (χ3v) is 4.67. The molecule has 5 nitrogen and oxygen atoms in total. The highest BCUT2D eigenvalue weighted by atomic mass is 16.5. The first-order chi connectivity index (χ1) is 10.2. The van der Waals surface area contributed by atoms with E-state index in [0.29, 0.717) is 5.56 Å². The largest absolute Gasteiger partial charge is 0.373 e. The van der Waals surface area contributed by atoms with E-state index in [0.717, 1.165) is 51.1 Å². The lowest BCUT2D eigenvalue weighted by Crippen LogP contribution is -2.60. The van der Waals surface area contributed by atoms with Crippen LogP contribution in [0, 0.1) is 6.92 Å². The van der Waals surface area contributed by atoms with E-state index in [9.17, 15) is 4.79 Å². The van der Waals surface area contributed by atoms with E-state index < -0.39 is 0 Å². The highest BCUT2D eigenvalue weighted by Crippen LogP contribution is 2.33. The van der Waals surface area contributed by atoms with E-state index in [-0.39, 0.29) is 17.6 Å². The van der Waals surface area contributed by atoms with Crippen LogP contribution in [-0.4, -0.2) is 42.2 Å². The molecule has 114 valence electrons. The van der Waals surface area contributed by atoms with Crippen molar-refractivity contribution in [3.8, 4) is 0 Å². The molecule has 1 unspecified atom stereocenters. The molecule has 0 aromatic carbocycles. The third kappa shape index (κ3) is 2.94. The van der Waals surface area contributed by atoms with Crippen molar-refractivity contribution in [2.45, 2.75) is 44.2 Å². The first kappa shape index (κ1) is 14.5. The summed E-state index contributed by atoms with van der Waals surface area (Å²) in [6.07, 6.45) is 5.63. The molecule has 21 heavy (non-hydrogen) atoms. The summed E-state index contributed by atoms with van der Waals surface area (Å²) in [6, 6.07) is 3.73. The van der Waals surface area contributed by atoms with Gasteiger partial charge >= 0.3 is 0 Å². The molecule has 1 spiro atoms. The van der Waals surface area contributed by atoms with Crippen LogP contribution in [-0.2, 0) is 4.74 Å². The Labute approximate surface area is 125 Å². The van der Waals surface area contributed by atoms with Gasteiger partial charge in [-0.05, 0) is 57.8 Å². The van der Waals surface area contributed by atoms with Gasteiger partial charge < -0.3 is 15.4 Å². The minimum atomic E-state index is -0.185. The lowest BCUT2D eigenvalue weighted by Gasteiger charge is -2.46. The number of aromatic nitrogens is 1. The number of rotatable bonds is 2. The molecule has 3 rings (SSSR count). The molecule has 0 saturated carbocycles. The topological polar surface area (TPSA) is 63.2 Å². The van der Waals surface area contributed by atoms with E-state index in [4.69, 9.17) is 4.74 Å². The number of hydrogen-bond acceptors (Lipinski definition) is 4. The average Bonchev–Trinajstić information content (AvgIpc) is 2.51. The molecule has 0 bridgehead atoms. The molecular weight excluding hydrogens is 266 g/mol. The van der Waals surface area contributed by atoms with Crippen molar-refractivity contribution >= 4 is 5.91 Å². The SMILES string of the molecule is Cc1ncccc1C(=O)NC1CCCOC12CCNCC2. The summed E-state index contributed by atoms with van der Waals surface area (Å²) in [5.41, 5.74) is 1.24. The van der Waals surface area contributed by atoms with Crippen molar-refractivity contribution in [1.82, 2.24) is 15.6 Å². The molecule has 2 aliphatic heterocycles. The van der Waals surface area contributed by atoms with Gasteiger partial charge in [-0.25, -0.2) is 0 Å². The molecule has 1 atom stereocenters. The predicted octanol–water partition coefficient (Wildman–Crippen LogP) is 1.42. The number of hydrogen-bond donors (Lipinski definition) is 2. The van der Waals surface area contributed by atoms with Crippen molar-refractivity contribution in [2.75, 3.05) is 19.7 Å². The Hall–Kier alpha value is -1.46. The molecule has 2 fully saturated rings. The first-order valence-electron chi connectivity index (χ1n) is 7.78. The number of amides is 1. The molecule has 2 saturated heterocycles. The van der Waals surface area contributed by atoms with Crippen molar-refractivity contribution in [3.63, 3.8) is 0 Å². The second-order valence-corrected chi connectivity index (χ2v) is 5.97. The summed E-state index contributed by atoms with van der Waals surface area (Å²) >= 11 is 0. The lowest BCUT2D eigenvalue weighted by atomic mass is 9.80. The van der Waals surface area contributed by atoms with Crippen LogP contribution in [0.25, 0.3) is 0 Å². The Balaban J connectivity index is 1.75. The number of aryl methyl sites for hydroxylation is 1. The Kier molecular flexibility index (Phi) is 4.22. The van der Waals surface area contributed by atoms with E-state index in [1.165, 1.54) is 0 Å². The minimum absolute atomic E-state index is 0.0333. The number of pyridine rings is 1. The monoisotopic (exact) mass is 289 g/mol. The van der Waals surface area contributed by atoms with E-state index in [2.05, 4.69) is 15.6 Å². The second-order valence-electron chi connectivity index (χ2n) is 5.97. The number of nitrogens with one attached hydrogen (secondary N) is 2. The number of nitrogens with zero attached hydrogens (tertiary/aromatic N) is 1. The van der Waals surface area contributed by atoms with Crippen LogP contribution < -0.4 is 10.6 Å². The summed E-state index contributed by atoms with van der Waals surface area (Å²) in [5, 5.41) is 6.57. The fourth-order valence-electron chi connectivity index (χ4n) is 3.43. The van der Waals surface area contributed by atoms with Crippen molar-refractivity contribution < 1.29 is 9.53 Å². The van der Waals surface area contributed by atoms with E-state index >= 15 is 0 Å². The zero-order valence-corrected chi connectivity index (χ0v) is 12.5. The predicted molar refractivity (Wildman–Crippen MR) is 80.2 cm³/mol. The van der Waals surface area contributed by atoms with Crippen LogP contribution >= 0.6 is 0 Å². The minimum Gasteiger partial charge on any atom is -0.373 e. The first-order valence-corrected chi connectivity index (χ1v) is 7.78. The van der Waals surface area contributed by atoms with Crippen molar-refractivity contribution in [1.29, 1.82) is 0 Å². The lowest BCUT2D eigenvalue weighted by molar-refractivity contribution is -0.114. The molecule has 5 heteroatoms. The number of ether oxygens (including phenoxy) is 1. The van der Waals surface area contributed by atoms with Crippen molar-refractivity contribution in [3.05, 3.63) is 29.6 Å². The molecular formula is C16H23N3O2. The molecule has 2 aliphatic rings. The zero-order valence-electron chi connectivity index (χ0n) is 12.5. The molecule has 3 heterocycles. The number of carbonyl (C=O) groups is 1. The maximum Gasteiger partial charge on any atom is 0.253 e. The van der Waals surface area contributed by atoms with Gasteiger partial charge in [-0.3, -0.25) is 9.78 Å². The fourth-order valence-corrected chi connectivity index (χ4v) is 3.43. The number of piperidine rings is 1. The Morgan fingerprint density at radius 3 is 3.05 bits per heavy atom. The van der Waals surface area contributed by atoms with Crippen molar-refractivity contribution in [2.24, 2.45) is 0 Å². The summed E-state index contributed by atoms with van der Waals surface area (Å²) in [6.45, 7) is 4.58. The Bertz CT molecular complexity index is 504. The van der Waals surface area contributed by atoms with E-state index in [1.54, 1.807) is 12.3 Å². The quantitative estimate of drug-likeness (QED) is 0.864. The van der Waals surface area contributed by atoms with Crippen LogP contribution in [0.3, 0.4) is 0 Å². The van der Waals surface area contributed by atoms with Gasteiger partial charge in [-0.2, -0.15) is 0 Å². The van der Waals surface area contributed by atoms with Gasteiger partial charge in [0.15, 0.2) is 0 Å². The average molecular weight is 289 g/mol. The smallest absolute Gasteiger partial charge is 0.253 e. The normalized spacial score (nSPS) is 24.7. The second kappa shape index (κ2) is 6.12. The Morgan fingerprint density at radius 1 is 1.48 bits per heavy atom. The summed E-state index contributed by atoms with van der Waals surface area (Å²) in [5.74, 6) is -0.0333. The summed E-state index contributed by atoms with van der Waals surface area (Å²) < 4.78 is 6.12. The molecule has 0 radical (unpaired) electrons.